The van der Waals surface area contributed by atoms with Gasteiger partial charge in [0.2, 0.25) is 11.8 Å². The zero-order valence-corrected chi connectivity index (χ0v) is 16.2. The maximum Gasteiger partial charge on any atom is 0.421 e. The lowest BCUT2D eigenvalue weighted by Crippen LogP contribution is -2.47. The summed E-state index contributed by atoms with van der Waals surface area (Å²) in [6.45, 7) is 1.70. The molecular formula is C20H22ClNO6. The Hall–Kier alpha value is -2.56. The SMILES string of the molecule is CC(O)(C#CCOc1ccc(C2CCC(=O)N(C(=O)O)C2=O)cc1)CCCCl. The Labute approximate surface area is 168 Å². The van der Waals surface area contributed by atoms with Gasteiger partial charge in [0.25, 0.3) is 0 Å². The quantitative estimate of drug-likeness (QED) is 0.427. The fraction of sp³-hybridized carbons (Fsp3) is 0.450. The third-order valence-corrected chi connectivity index (χ3v) is 4.62. The summed E-state index contributed by atoms with van der Waals surface area (Å²) in [6, 6.07) is 6.63. The van der Waals surface area contributed by atoms with Crippen LogP contribution in [0.4, 0.5) is 4.79 Å². The lowest BCUT2D eigenvalue weighted by molar-refractivity contribution is -0.146. The van der Waals surface area contributed by atoms with E-state index in [1.807, 2.05) is 0 Å². The molecule has 7 nitrogen and oxygen atoms in total. The van der Waals surface area contributed by atoms with Crippen LogP contribution in [0, 0.1) is 11.8 Å². The Morgan fingerprint density at radius 3 is 2.64 bits per heavy atom. The van der Waals surface area contributed by atoms with E-state index in [1.165, 1.54) is 0 Å². The van der Waals surface area contributed by atoms with Crippen LogP contribution in [-0.4, -0.2) is 51.1 Å². The topological polar surface area (TPSA) is 104 Å². The number of carboxylic acid groups (broad SMARTS) is 1. The predicted molar refractivity (Wildman–Crippen MR) is 102 cm³/mol. The number of aliphatic hydroxyl groups is 1. The van der Waals surface area contributed by atoms with Gasteiger partial charge in [0.05, 0.1) is 5.92 Å². The number of hydrogen-bond acceptors (Lipinski definition) is 5. The summed E-state index contributed by atoms with van der Waals surface area (Å²) in [5.41, 5.74) is -0.497. The minimum Gasteiger partial charge on any atom is -0.481 e. The van der Waals surface area contributed by atoms with E-state index in [0.29, 0.717) is 30.0 Å². The molecule has 3 amide bonds. The lowest BCUT2D eigenvalue weighted by Gasteiger charge is -2.27. The third kappa shape index (κ3) is 5.72. The molecule has 1 fully saturated rings. The van der Waals surface area contributed by atoms with E-state index in [0.717, 1.165) is 0 Å². The first kappa shape index (κ1) is 21.7. The van der Waals surface area contributed by atoms with Crippen LogP contribution < -0.4 is 4.74 Å². The van der Waals surface area contributed by atoms with Gasteiger partial charge in [-0.1, -0.05) is 24.0 Å². The van der Waals surface area contributed by atoms with Crippen molar-refractivity contribution in [3.63, 3.8) is 0 Å². The molecule has 2 unspecified atom stereocenters. The van der Waals surface area contributed by atoms with Crippen LogP contribution in [0.15, 0.2) is 24.3 Å². The highest BCUT2D eigenvalue weighted by atomic mass is 35.5. The maximum atomic E-state index is 12.3. The number of nitrogens with zero attached hydrogens (tertiary/aromatic N) is 1. The predicted octanol–water partition coefficient (Wildman–Crippen LogP) is 2.75. The number of carbonyl (C=O) groups excluding carboxylic acids is 2. The number of ether oxygens (including phenoxy) is 1. The van der Waals surface area contributed by atoms with Gasteiger partial charge in [-0.25, -0.2) is 4.79 Å². The van der Waals surface area contributed by atoms with Crippen LogP contribution >= 0.6 is 11.6 Å². The molecule has 28 heavy (non-hydrogen) atoms. The monoisotopic (exact) mass is 407 g/mol. The van der Waals surface area contributed by atoms with E-state index < -0.39 is 29.4 Å². The first-order valence-electron chi connectivity index (χ1n) is 8.86. The highest BCUT2D eigenvalue weighted by molar-refractivity contribution is 6.17. The summed E-state index contributed by atoms with van der Waals surface area (Å²) in [4.78, 5) is 35.3. The van der Waals surface area contributed by atoms with Crippen molar-refractivity contribution in [2.75, 3.05) is 12.5 Å². The summed E-state index contributed by atoms with van der Waals surface area (Å²) < 4.78 is 5.50. The largest absolute Gasteiger partial charge is 0.481 e. The molecule has 0 bridgehead atoms. The van der Waals surface area contributed by atoms with Crippen LogP contribution in [-0.2, 0) is 9.59 Å². The van der Waals surface area contributed by atoms with E-state index in [2.05, 4.69) is 11.8 Å². The van der Waals surface area contributed by atoms with Gasteiger partial charge in [-0.15, -0.1) is 11.6 Å². The molecule has 2 atom stereocenters. The van der Waals surface area contributed by atoms with Gasteiger partial charge in [-0.3, -0.25) is 9.59 Å². The van der Waals surface area contributed by atoms with E-state index >= 15 is 0 Å². The number of benzene rings is 1. The molecule has 0 aliphatic carbocycles. The van der Waals surface area contributed by atoms with Crippen molar-refractivity contribution >= 4 is 29.5 Å². The summed E-state index contributed by atoms with van der Waals surface area (Å²) in [5.74, 6) is 4.37. The lowest BCUT2D eigenvalue weighted by atomic mass is 9.89. The number of piperidine rings is 1. The van der Waals surface area contributed by atoms with Crippen LogP contribution in [0.25, 0.3) is 0 Å². The van der Waals surface area contributed by atoms with Crippen molar-refractivity contribution in [2.24, 2.45) is 0 Å². The zero-order valence-electron chi connectivity index (χ0n) is 15.5. The number of hydrogen-bond donors (Lipinski definition) is 2. The number of alkyl halides is 1. The van der Waals surface area contributed by atoms with Gasteiger partial charge < -0.3 is 14.9 Å². The average molecular weight is 408 g/mol. The molecule has 1 saturated heterocycles. The van der Waals surface area contributed by atoms with Gasteiger partial charge in [0.15, 0.2) is 0 Å². The van der Waals surface area contributed by atoms with E-state index in [4.69, 9.17) is 21.4 Å². The molecule has 0 radical (unpaired) electrons. The van der Waals surface area contributed by atoms with Gasteiger partial charge in [0, 0.05) is 12.3 Å². The van der Waals surface area contributed by atoms with E-state index in [1.54, 1.807) is 31.2 Å². The maximum absolute atomic E-state index is 12.3. The molecule has 1 aliphatic heterocycles. The van der Waals surface area contributed by atoms with Crippen molar-refractivity contribution < 1.29 is 29.3 Å². The highest BCUT2D eigenvalue weighted by Gasteiger charge is 2.39. The number of carbonyl (C=O) groups is 3. The number of likely N-dealkylation sites (tertiary alicyclic amines) is 1. The number of amides is 3. The average Bonchev–Trinajstić information content (AvgIpc) is 2.64. The molecule has 1 aromatic carbocycles. The minimum atomic E-state index is -1.56. The molecule has 2 rings (SSSR count). The first-order valence-corrected chi connectivity index (χ1v) is 9.39. The van der Waals surface area contributed by atoms with Crippen LogP contribution in [0.5, 0.6) is 5.75 Å². The molecular weight excluding hydrogens is 386 g/mol. The van der Waals surface area contributed by atoms with Gasteiger partial charge >= 0.3 is 6.09 Å². The fourth-order valence-corrected chi connectivity index (χ4v) is 3.04. The molecule has 0 aromatic heterocycles. The molecule has 0 saturated carbocycles. The summed E-state index contributed by atoms with van der Waals surface area (Å²) in [6.07, 6.45) is -0.148. The molecule has 8 heteroatoms. The normalized spacial score (nSPS) is 18.8. The van der Waals surface area contributed by atoms with E-state index in [9.17, 15) is 19.5 Å². The zero-order chi connectivity index (χ0) is 20.7. The molecule has 1 aliphatic rings. The summed E-state index contributed by atoms with van der Waals surface area (Å²) in [5, 5.41) is 19.1. The van der Waals surface area contributed by atoms with Crippen molar-refractivity contribution in [2.45, 2.75) is 44.1 Å². The second-order valence-electron chi connectivity index (χ2n) is 6.67. The molecule has 0 spiro atoms. The van der Waals surface area contributed by atoms with Crippen LogP contribution in [0.2, 0.25) is 0 Å². The van der Waals surface area contributed by atoms with Crippen molar-refractivity contribution in [1.82, 2.24) is 4.90 Å². The van der Waals surface area contributed by atoms with Gasteiger partial charge in [-0.05, 0) is 43.9 Å². The Morgan fingerprint density at radius 2 is 2.04 bits per heavy atom. The number of imide groups is 3. The van der Waals surface area contributed by atoms with Crippen molar-refractivity contribution in [1.29, 1.82) is 0 Å². The second-order valence-corrected chi connectivity index (χ2v) is 7.05. The van der Waals surface area contributed by atoms with Crippen LogP contribution in [0.1, 0.15) is 44.1 Å². The van der Waals surface area contributed by atoms with Gasteiger partial charge in [0.1, 0.15) is 18.0 Å². The Kier molecular flexibility index (Phi) is 7.44. The number of halogens is 1. The Bertz CT molecular complexity index is 793. The molecule has 2 N–H and O–H groups in total. The van der Waals surface area contributed by atoms with Gasteiger partial charge in [-0.2, -0.15) is 4.90 Å². The standard InChI is InChI=1S/C20H22ClNO6/c1-20(27,10-2-12-21)11-3-13-28-15-6-4-14(5-7-15)16-8-9-17(23)22(18(16)24)19(25)26/h4-7,16,27H,2,8-10,12-13H2,1H3,(H,25,26). The Balaban J connectivity index is 1.96. The Morgan fingerprint density at radius 1 is 1.36 bits per heavy atom. The van der Waals surface area contributed by atoms with E-state index in [-0.39, 0.29) is 24.3 Å². The second kappa shape index (κ2) is 9.58. The van der Waals surface area contributed by atoms with Crippen molar-refractivity contribution in [3.05, 3.63) is 29.8 Å². The van der Waals surface area contributed by atoms with Crippen LogP contribution in [0.3, 0.4) is 0 Å². The minimum absolute atomic E-state index is 0.000192. The molecule has 150 valence electrons. The third-order valence-electron chi connectivity index (χ3n) is 4.35. The molecule has 1 aromatic rings. The summed E-state index contributed by atoms with van der Waals surface area (Å²) >= 11 is 5.60. The first-order chi connectivity index (χ1) is 13.2. The highest BCUT2D eigenvalue weighted by Crippen LogP contribution is 2.30. The molecule has 1 heterocycles. The van der Waals surface area contributed by atoms with Crippen molar-refractivity contribution in [3.8, 4) is 17.6 Å². The number of rotatable bonds is 6. The fourth-order valence-electron chi connectivity index (χ4n) is 2.91. The summed E-state index contributed by atoms with van der Waals surface area (Å²) in [7, 11) is 0. The smallest absolute Gasteiger partial charge is 0.421 e.